The Morgan fingerprint density at radius 2 is 1.67 bits per heavy atom. The predicted octanol–water partition coefficient (Wildman–Crippen LogP) is 2.04. The summed E-state index contributed by atoms with van der Waals surface area (Å²) < 4.78 is 27.5. The van der Waals surface area contributed by atoms with Crippen LogP contribution in [0.5, 0.6) is 0 Å². The third kappa shape index (κ3) is 6.04. The van der Waals surface area contributed by atoms with Crippen molar-refractivity contribution in [3.05, 3.63) is 59.2 Å². The van der Waals surface area contributed by atoms with Gasteiger partial charge >= 0.3 is 6.03 Å². The van der Waals surface area contributed by atoms with Gasteiger partial charge in [0.15, 0.2) is 0 Å². The Hall–Kier alpha value is -2.91. The molecule has 0 heterocycles. The first kappa shape index (κ1) is 21.8. The van der Waals surface area contributed by atoms with Crippen LogP contribution in [0.1, 0.15) is 36.0 Å². The molecule has 2 aromatic rings. The summed E-state index contributed by atoms with van der Waals surface area (Å²) in [5.74, 6) is -0.262. The summed E-state index contributed by atoms with van der Waals surface area (Å²) >= 11 is 0. The summed E-state index contributed by atoms with van der Waals surface area (Å²) in [7, 11) is -3.65. The van der Waals surface area contributed by atoms with Crippen molar-refractivity contribution in [2.75, 3.05) is 11.9 Å². The van der Waals surface area contributed by atoms with Gasteiger partial charge in [0.25, 0.3) is 0 Å². The van der Waals surface area contributed by atoms with Crippen molar-refractivity contribution in [1.29, 1.82) is 0 Å². The van der Waals surface area contributed by atoms with Crippen LogP contribution in [0.15, 0.2) is 47.4 Å². The molecule has 1 aliphatic carbocycles. The Morgan fingerprint density at radius 3 is 2.37 bits per heavy atom. The number of carbonyl (C=O) groups is 2. The van der Waals surface area contributed by atoms with Crippen LogP contribution in [0.3, 0.4) is 0 Å². The van der Waals surface area contributed by atoms with Crippen LogP contribution in [0.25, 0.3) is 0 Å². The van der Waals surface area contributed by atoms with E-state index in [1.54, 1.807) is 36.4 Å². The molecule has 0 radical (unpaired) electrons. The molecule has 9 heteroatoms. The van der Waals surface area contributed by atoms with E-state index in [9.17, 15) is 18.0 Å². The van der Waals surface area contributed by atoms with E-state index in [-0.39, 0.29) is 23.8 Å². The number of anilines is 1. The van der Waals surface area contributed by atoms with Crippen LogP contribution in [0.4, 0.5) is 10.5 Å². The number of primary amides is 1. The molecule has 0 spiro atoms. The van der Waals surface area contributed by atoms with Gasteiger partial charge in [-0.1, -0.05) is 18.2 Å². The molecule has 0 atom stereocenters. The normalized spacial score (nSPS) is 13.3. The first-order valence-corrected chi connectivity index (χ1v) is 11.4. The zero-order valence-corrected chi connectivity index (χ0v) is 17.4. The second-order valence-corrected chi connectivity index (χ2v) is 9.02. The third-order valence-electron chi connectivity index (χ3n) is 4.99. The Morgan fingerprint density at radius 1 is 0.967 bits per heavy atom. The van der Waals surface area contributed by atoms with Crippen LogP contribution in [0.2, 0.25) is 0 Å². The lowest BCUT2D eigenvalue weighted by molar-refractivity contribution is -0.121. The highest BCUT2D eigenvalue weighted by Gasteiger charge is 2.17. The number of nitrogens with two attached hydrogens (primary N) is 1. The molecule has 0 fully saturated rings. The molecule has 0 unspecified atom stereocenters. The van der Waals surface area contributed by atoms with Crippen molar-refractivity contribution in [3.63, 3.8) is 0 Å². The largest absolute Gasteiger partial charge is 0.352 e. The van der Waals surface area contributed by atoms with Gasteiger partial charge in [0.1, 0.15) is 0 Å². The number of urea groups is 1. The topological polar surface area (TPSA) is 130 Å². The van der Waals surface area contributed by atoms with Crippen molar-refractivity contribution in [3.8, 4) is 0 Å². The number of hydrogen-bond acceptors (Lipinski definition) is 4. The van der Waals surface area contributed by atoms with Gasteiger partial charge in [-0.3, -0.25) is 4.79 Å². The lowest BCUT2D eigenvalue weighted by Crippen LogP contribution is -2.30. The minimum absolute atomic E-state index is 0.0206. The second-order valence-electron chi connectivity index (χ2n) is 7.25. The molecule has 5 N–H and O–H groups in total. The quantitative estimate of drug-likeness (QED) is 0.510. The molecular formula is C21H26N4O4S. The molecule has 0 bridgehead atoms. The van der Waals surface area contributed by atoms with E-state index >= 15 is 0 Å². The van der Waals surface area contributed by atoms with E-state index in [2.05, 4.69) is 15.4 Å². The summed E-state index contributed by atoms with van der Waals surface area (Å²) in [6, 6.07) is 11.5. The monoisotopic (exact) mass is 430 g/mol. The van der Waals surface area contributed by atoms with Gasteiger partial charge in [0.05, 0.1) is 4.90 Å². The number of amides is 3. The van der Waals surface area contributed by atoms with E-state index in [1.807, 2.05) is 6.07 Å². The fourth-order valence-corrected chi connectivity index (χ4v) is 4.48. The Bertz CT molecular complexity index is 1020. The average molecular weight is 431 g/mol. The molecule has 0 saturated heterocycles. The zero-order chi connectivity index (χ0) is 21.6. The fraction of sp³-hybridized carbons (Fsp3) is 0.333. The van der Waals surface area contributed by atoms with Crippen molar-refractivity contribution in [2.45, 2.75) is 43.5 Å². The molecular weight excluding hydrogens is 404 g/mol. The lowest BCUT2D eigenvalue weighted by atomic mass is 9.92. The molecule has 3 rings (SSSR count). The fourth-order valence-electron chi connectivity index (χ4n) is 3.40. The SMILES string of the molecule is NC(=O)Nc1ccc(CNC(=O)CCNS(=O)(=O)c2ccc3c(c2)CCCC3)cc1. The molecule has 0 aromatic heterocycles. The smallest absolute Gasteiger partial charge is 0.316 e. The first-order chi connectivity index (χ1) is 14.3. The number of aryl methyl sites for hydroxylation is 2. The maximum atomic E-state index is 12.5. The highest BCUT2D eigenvalue weighted by molar-refractivity contribution is 7.89. The molecule has 0 aliphatic heterocycles. The Labute approximate surface area is 176 Å². The van der Waals surface area contributed by atoms with E-state index in [0.717, 1.165) is 36.8 Å². The number of hydrogen-bond donors (Lipinski definition) is 4. The van der Waals surface area contributed by atoms with Crippen LogP contribution in [0, 0.1) is 0 Å². The number of benzene rings is 2. The number of nitrogens with one attached hydrogen (secondary N) is 3. The van der Waals surface area contributed by atoms with Crippen molar-refractivity contribution in [1.82, 2.24) is 10.0 Å². The minimum Gasteiger partial charge on any atom is -0.352 e. The maximum absolute atomic E-state index is 12.5. The van der Waals surface area contributed by atoms with Crippen LogP contribution < -0.4 is 21.1 Å². The Kier molecular flexibility index (Phi) is 7.07. The molecule has 0 saturated carbocycles. The number of rotatable bonds is 8. The highest BCUT2D eigenvalue weighted by Crippen LogP contribution is 2.24. The van der Waals surface area contributed by atoms with E-state index in [0.29, 0.717) is 12.2 Å². The number of sulfonamides is 1. The van der Waals surface area contributed by atoms with E-state index in [4.69, 9.17) is 5.73 Å². The van der Waals surface area contributed by atoms with Crippen LogP contribution >= 0.6 is 0 Å². The third-order valence-corrected chi connectivity index (χ3v) is 6.44. The zero-order valence-electron chi connectivity index (χ0n) is 16.6. The summed E-state index contributed by atoms with van der Waals surface area (Å²) in [4.78, 5) is 23.1. The van der Waals surface area contributed by atoms with Gasteiger partial charge in [-0.25, -0.2) is 17.9 Å². The van der Waals surface area contributed by atoms with Gasteiger partial charge in [0.2, 0.25) is 15.9 Å². The standard InChI is InChI=1S/C21H26N4O4S/c22-21(27)25-18-8-5-15(6-9-18)14-23-20(26)11-12-24-30(28,29)19-10-7-16-3-1-2-4-17(16)13-19/h5-10,13,24H,1-4,11-12,14H2,(H,23,26)(H3,22,25,27). The number of carbonyl (C=O) groups excluding carboxylic acids is 2. The second kappa shape index (κ2) is 9.73. The van der Waals surface area contributed by atoms with Gasteiger partial charge in [0, 0.05) is 25.2 Å². The van der Waals surface area contributed by atoms with Gasteiger partial charge in [-0.15, -0.1) is 0 Å². The summed E-state index contributed by atoms with van der Waals surface area (Å²) in [5.41, 5.74) is 8.77. The van der Waals surface area contributed by atoms with Crippen molar-refractivity contribution < 1.29 is 18.0 Å². The Balaban J connectivity index is 1.45. The summed E-state index contributed by atoms with van der Waals surface area (Å²) in [6.07, 6.45) is 4.15. The molecule has 160 valence electrons. The maximum Gasteiger partial charge on any atom is 0.316 e. The molecule has 8 nitrogen and oxygen atoms in total. The lowest BCUT2D eigenvalue weighted by Gasteiger charge is -2.16. The van der Waals surface area contributed by atoms with E-state index < -0.39 is 16.1 Å². The van der Waals surface area contributed by atoms with Crippen LogP contribution in [-0.4, -0.2) is 26.9 Å². The highest BCUT2D eigenvalue weighted by atomic mass is 32.2. The molecule has 1 aliphatic rings. The summed E-state index contributed by atoms with van der Waals surface area (Å²) in [5, 5.41) is 5.20. The molecule has 2 aromatic carbocycles. The molecule has 3 amide bonds. The average Bonchev–Trinajstić information content (AvgIpc) is 2.72. The predicted molar refractivity (Wildman–Crippen MR) is 114 cm³/mol. The first-order valence-electron chi connectivity index (χ1n) is 9.87. The van der Waals surface area contributed by atoms with Gasteiger partial charge in [-0.05, 0) is 66.6 Å². The minimum atomic E-state index is -3.65. The molecule has 30 heavy (non-hydrogen) atoms. The van der Waals surface area contributed by atoms with Crippen molar-refractivity contribution >= 4 is 27.6 Å². The van der Waals surface area contributed by atoms with Gasteiger partial charge in [-0.2, -0.15) is 0 Å². The summed E-state index contributed by atoms with van der Waals surface area (Å²) in [6.45, 7) is 0.319. The van der Waals surface area contributed by atoms with E-state index in [1.165, 1.54) is 5.56 Å². The van der Waals surface area contributed by atoms with Gasteiger partial charge < -0.3 is 16.4 Å². The van der Waals surface area contributed by atoms with Crippen molar-refractivity contribution in [2.24, 2.45) is 5.73 Å². The number of fused-ring (bicyclic) bond motifs is 1. The van der Waals surface area contributed by atoms with Crippen LogP contribution in [-0.2, 0) is 34.2 Å².